The lowest BCUT2D eigenvalue weighted by atomic mass is 9.95. The lowest BCUT2D eigenvalue weighted by Crippen LogP contribution is -2.31. The number of benzene rings is 3. The number of carbonyl (C=O) groups is 2. The van der Waals surface area contributed by atoms with Gasteiger partial charge in [0.2, 0.25) is 0 Å². The number of aryl methyl sites for hydroxylation is 1. The van der Waals surface area contributed by atoms with Crippen LogP contribution in [0, 0.1) is 6.92 Å². The van der Waals surface area contributed by atoms with Gasteiger partial charge in [-0.3, -0.25) is 9.59 Å². The molecular weight excluding hydrogens is 476 g/mol. The summed E-state index contributed by atoms with van der Waals surface area (Å²) < 4.78 is 5.20. The second-order valence-corrected chi connectivity index (χ2v) is 9.23. The van der Waals surface area contributed by atoms with Crippen LogP contribution in [0.1, 0.15) is 28.4 Å². The molecule has 1 unspecified atom stereocenters. The number of nitrogens with one attached hydrogen (secondary N) is 1. The Hall–Kier alpha value is -4.03. The maximum Gasteiger partial charge on any atom is 0.295 e. The average Bonchev–Trinajstić information content (AvgIpc) is 3.35. The fraction of sp³-hybridized carbons (Fsp3) is 0.172. The van der Waals surface area contributed by atoms with Crippen LogP contribution in [0.2, 0.25) is 5.02 Å². The Labute approximate surface area is 213 Å². The number of ether oxygens (including phenoxy) is 1. The number of aliphatic hydroxyl groups is 1. The zero-order valence-corrected chi connectivity index (χ0v) is 20.7. The van der Waals surface area contributed by atoms with E-state index in [4.69, 9.17) is 16.3 Å². The van der Waals surface area contributed by atoms with Gasteiger partial charge in [-0.2, -0.15) is 0 Å². The van der Waals surface area contributed by atoms with Crippen LogP contribution in [0.3, 0.4) is 0 Å². The monoisotopic (exact) mass is 500 g/mol. The molecule has 1 aliphatic rings. The molecular formula is C29H25ClN2O4. The highest BCUT2D eigenvalue weighted by molar-refractivity contribution is 6.46. The van der Waals surface area contributed by atoms with Gasteiger partial charge < -0.3 is 19.7 Å². The summed E-state index contributed by atoms with van der Waals surface area (Å²) in [7, 11) is 1.55. The van der Waals surface area contributed by atoms with Crippen molar-refractivity contribution in [3.8, 4) is 5.75 Å². The average molecular weight is 501 g/mol. The van der Waals surface area contributed by atoms with Gasteiger partial charge in [-0.1, -0.05) is 41.9 Å². The Balaban J connectivity index is 1.57. The van der Waals surface area contributed by atoms with Crippen molar-refractivity contribution in [2.75, 3.05) is 13.7 Å². The molecule has 2 heterocycles. The Kier molecular flexibility index (Phi) is 6.29. The van der Waals surface area contributed by atoms with Crippen LogP contribution < -0.4 is 4.74 Å². The van der Waals surface area contributed by atoms with Gasteiger partial charge in [-0.25, -0.2) is 0 Å². The van der Waals surface area contributed by atoms with E-state index in [0.717, 1.165) is 22.2 Å². The van der Waals surface area contributed by atoms with E-state index >= 15 is 0 Å². The number of aromatic amines is 1. The molecule has 36 heavy (non-hydrogen) atoms. The molecule has 0 saturated carbocycles. The molecule has 7 heteroatoms. The molecule has 182 valence electrons. The summed E-state index contributed by atoms with van der Waals surface area (Å²) in [4.78, 5) is 31.5. The summed E-state index contributed by atoms with van der Waals surface area (Å²) in [5.41, 5.74) is 4.33. The summed E-state index contributed by atoms with van der Waals surface area (Å²) in [6.07, 6.45) is 0.551. The molecule has 0 spiro atoms. The van der Waals surface area contributed by atoms with E-state index in [1.165, 1.54) is 0 Å². The standard InChI is InChI=1S/C29H25ClN2O4/c1-17-22(23-5-3-4-6-24(23)31-17)15-16-32-26(18-7-11-20(30)12-8-18)25(28(34)29(32)35)27(33)19-9-13-21(36-2)14-10-19/h3-14,26,31,33H,15-16H2,1-2H3. The van der Waals surface area contributed by atoms with E-state index in [0.29, 0.717) is 34.9 Å². The number of carbonyl (C=O) groups excluding carboxylic acids is 2. The first-order chi connectivity index (χ1) is 17.4. The van der Waals surface area contributed by atoms with E-state index in [9.17, 15) is 14.7 Å². The topological polar surface area (TPSA) is 82.6 Å². The van der Waals surface area contributed by atoms with Crippen molar-refractivity contribution < 1.29 is 19.4 Å². The molecule has 0 bridgehead atoms. The summed E-state index contributed by atoms with van der Waals surface area (Å²) in [6, 6.07) is 21.0. The first-order valence-corrected chi connectivity index (χ1v) is 12.0. The van der Waals surface area contributed by atoms with Crippen molar-refractivity contribution in [3.05, 3.63) is 106 Å². The van der Waals surface area contributed by atoms with Crippen LogP contribution >= 0.6 is 11.6 Å². The van der Waals surface area contributed by atoms with Crippen molar-refractivity contribution >= 4 is 40.0 Å². The van der Waals surface area contributed by atoms with Crippen molar-refractivity contribution in [3.63, 3.8) is 0 Å². The lowest BCUT2D eigenvalue weighted by Gasteiger charge is -2.25. The highest BCUT2D eigenvalue weighted by Crippen LogP contribution is 2.40. The molecule has 6 nitrogen and oxygen atoms in total. The minimum atomic E-state index is -0.741. The highest BCUT2D eigenvalue weighted by atomic mass is 35.5. The van der Waals surface area contributed by atoms with Gasteiger partial charge >= 0.3 is 0 Å². The molecule has 2 N–H and O–H groups in total. The molecule has 1 amide bonds. The van der Waals surface area contributed by atoms with E-state index in [2.05, 4.69) is 4.98 Å². The number of aromatic nitrogens is 1. The second-order valence-electron chi connectivity index (χ2n) is 8.80. The first-order valence-electron chi connectivity index (χ1n) is 11.6. The number of aliphatic hydroxyl groups excluding tert-OH is 1. The molecule has 3 aromatic carbocycles. The number of H-pyrrole nitrogens is 1. The molecule has 1 fully saturated rings. The number of para-hydroxylation sites is 1. The van der Waals surface area contributed by atoms with Crippen LogP contribution in [-0.2, 0) is 16.0 Å². The van der Waals surface area contributed by atoms with Gasteiger partial charge in [0.25, 0.3) is 11.7 Å². The summed E-state index contributed by atoms with van der Waals surface area (Å²) in [6.45, 7) is 2.31. The van der Waals surface area contributed by atoms with E-state index in [-0.39, 0.29) is 11.3 Å². The quantitative estimate of drug-likeness (QED) is 0.199. The fourth-order valence-corrected chi connectivity index (χ4v) is 5.02. The number of hydrogen-bond acceptors (Lipinski definition) is 4. The SMILES string of the molecule is COc1ccc(C(O)=C2C(=O)C(=O)N(CCc3c(C)[nH]c4ccccc34)C2c2ccc(Cl)cc2)cc1. The van der Waals surface area contributed by atoms with Crippen LogP contribution in [0.25, 0.3) is 16.7 Å². The molecule has 5 rings (SSSR count). The van der Waals surface area contributed by atoms with Crippen molar-refractivity contribution in [1.29, 1.82) is 0 Å². The number of nitrogens with zero attached hydrogens (tertiary/aromatic N) is 1. The van der Waals surface area contributed by atoms with Gasteiger partial charge in [0.05, 0.1) is 18.7 Å². The molecule has 1 aliphatic heterocycles. The lowest BCUT2D eigenvalue weighted by molar-refractivity contribution is -0.139. The van der Waals surface area contributed by atoms with Gasteiger partial charge in [-0.15, -0.1) is 0 Å². The zero-order valence-electron chi connectivity index (χ0n) is 19.9. The first kappa shape index (κ1) is 23.7. The summed E-state index contributed by atoms with van der Waals surface area (Å²) >= 11 is 6.11. The molecule has 1 atom stereocenters. The highest BCUT2D eigenvalue weighted by Gasteiger charge is 2.45. The van der Waals surface area contributed by atoms with Crippen LogP contribution in [0.5, 0.6) is 5.75 Å². The minimum Gasteiger partial charge on any atom is -0.507 e. The van der Waals surface area contributed by atoms with Crippen molar-refractivity contribution in [2.45, 2.75) is 19.4 Å². The fourth-order valence-electron chi connectivity index (χ4n) is 4.90. The smallest absolute Gasteiger partial charge is 0.295 e. The van der Waals surface area contributed by atoms with Crippen LogP contribution in [0.15, 0.2) is 78.4 Å². The Bertz CT molecular complexity index is 1490. The Morgan fingerprint density at radius 2 is 1.72 bits per heavy atom. The Morgan fingerprint density at radius 1 is 1.03 bits per heavy atom. The van der Waals surface area contributed by atoms with Gasteiger partial charge in [0.1, 0.15) is 11.5 Å². The second kappa shape index (κ2) is 9.55. The van der Waals surface area contributed by atoms with Crippen LogP contribution in [0.4, 0.5) is 0 Å². The predicted octanol–water partition coefficient (Wildman–Crippen LogP) is 5.80. The van der Waals surface area contributed by atoms with Crippen LogP contribution in [-0.4, -0.2) is 40.3 Å². The minimum absolute atomic E-state index is 0.0585. The van der Waals surface area contributed by atoms with E-state index in [1.807, 2.05) is 31.2 Å². The number of hydrogen-bond donors (Lipinski definition) is 2. The van der Waals surface area contributed by atoms with E-state index < -0.39 is 17.7 Å². The number of rotatable bonds is 6. The third-order valence-electron chi connectivity index (χ3n) is 6.72. The number of methoxy groups -OCH3 is 1. The van der Waals surface area contributed by atoms with Crippen molar-refractivity contribution in [1.82, 2.24) is 9.88 Å². The van der Waals surface area contributed by atoms with Crippen molar-refractivity contribution in [2.24, 2.45) is 0 Å². The Morgan fingerprint density at radius 3 is 2.42 bits per heavy atom. The summed E-state index contributed by atoms with van der Waals surface area (Å²) in [5.74, 6) is -0.946. The zero-order chi connectivity index (χ0) is 25.4. The third kappa shape index (κ3) is 4.14. The number of likely N-dealkylation sites (tertiary alicyclic amines) is 1. The number of amides is 1. The maximum atomic E-state index is 13.3. The maximum absolute atomic E-state index is 13.3. The number of fused-ring (bicyclic) bond motifs is 1. The molecule has 4 aromatic rings. The van der Waals surface area contributed by atoms with Gasteiger partial charge in [0.15, 0.2) is 0 Å². The summed E-state index contributed by atoms with van der Waals surface area (Å²) in [5, 5.41) is 12.9. The number of Topliss-reactive ketones (excluding diaryl/α,β-unsaturated/α-hetero) is 1. The molecule has 0 radical (unpaired) electrons. The van der Waals surface area contributed by atoms with E-state index in [1.54, 1.807) is 60.5 Å². The predicted molar refractivity (Wildman–Crippen MR) is 140 cm³/mol. The number of halogens is 1. The largest absolute Gasteiger partial charge is 0.507 e. The van der Waals surface area contributed by atoms with Gasteiger partial charge in [0, 0.05) is 33.7 Å². The van der Waals surface area contributed by atoms with Gasteiger partial charge in [-0.05, 0) is 66.9 Å². The molecule has 1 aromatic heterocycles. The molecule has 1 saturated heterocycles. The molecule has 0 aliphatic carbocycles. The number of ketones is 1. The third-order valence-corrected chi connectivity index (χ3v) is 6.97. The normalized spacial score (nSPS) is 17.2.